The maximum Gasteiger partial charge on any atom is 0.216 e. The van der Waals surface area contributed by atoms with Crippen molar-refractivity contribution in [2.24, 2.45) is 11.8 Å². The number of hydrogen-bond acceptors (Lipinski definition) is 9. The molecule has 0 bridgehead atoms. The molecule has 1 aliphatic heterocycles. The molecule has 0 amide bonds. The summed E-state index contributed by atoms with van der Waals surface area (Å²) in [6.45, 7) is 8.33. The second-order valence-corrected chi connectivity index (χ2v) is 13.3. The maximum atomic E-state index is 13.3. The second kappa shape index (κ2) is 15.6. The molecule has 5 rings (SSSR count). The third kappa shape index (κ3) is 8.20. The van der Waals surface area contributed by atoms with Gasteiger partial charge in [0.25, 0.3) is 0 Å². The van der Waals surface area contributed by atoms with E-state index in [1.165, 1.54) is 22.7 Å². The Morgan fingerprint density at radius 3 is 2.41 bits per heavy atom. The second-order valence-electron chi connectivity index (χ2n) is 11.2. The molecule has 7 nitrogen and oxygen atoms in total. The number of benzene rings is 2. The van der Waals surface area contributed by atoms with Gasteiger partial charge in [-0.3, -0.25) is 4.79 Å². The first-order chi connectivity index (χ1) is 21.4. The molecule has 1 saturated heterocycles. The van der Waals surface area contributed by atoms with Crippen molar-refractivity contribution in [1.82, 2.24) is 9.97 Å². The summed E-state index contributed by atoms with van der Waals surface area (Å²) in [4.78, 5) is 23.5. The van der Waals surface area contributed by atoms with Gasteiger partial charge in [-0.15, -0.1) is 23.7 Å². The number of ether oxygens (including phenoxy) is 3. The molecule has 9 heteroatoms. The van der Waals surface area contributed by atoms with Gasteiger partial charge in [-0.25, -0.2) is 9.97 Å². The number of rotatable bonds is 14. The lowest BCUT2D eigenvalue weighted by Gasteiger charge is -2.44. The van der Waals surface area contributed by atoms with E-state index >= 15 is 0 Å². The Labute approximate surface area is 268 Å². The Morgan fingerprint density at radius 1 is 1.00 bits per heavy atom. The first-order valence-corrected chi connectivity index (χ1v) is 16.6. The highest BCUT2D eigenvalue weighted by molar-refractivity contribution is 7.19. The molecule has 0 saturated carbocycles. The van der Waals surface area contributed by atoms with Gasteiger partial charge in [0.15, 0.2) is 5.13 Å². The zero-order valence-electron chi connectivity index (χ0n) is 25.4. The van der Waals surface area contributed by atoms with Gasteiger partial charge in [-0.05, 0) is 29.9 Å². The topological polar surface area (TPSA) is 82.6 Å². The lowest BCUT2D eigenvalue weighted by molar-refractivity contribution is -0.199. The van der Waals surface area contributed by atoms with Crippen molar-refractivity contribution in [3.05, 3.63) is 98.4 Å². The van der Waals surface area contributed by atoms with Crippen LogP contribution in [0.1, 0.15) is 56.6 Å². The zero-order valence-corrected chi connectivity index (χ0v) is 27.0. The normalized spacial score (nSPS) is 21.5. The van der Waals surface area contributed by atoms with Crippen LogP contribution < -0.4 is 5.32 Å². The molecule has 4 aromatic rings. The summed E-state index contributed by atoms with van der Waals surface area (Å²) in [5.41, 5.74) is 2.99. The largest absolute Gasteiger partial charge is 0.374 e. The highest BCUT2D eigenvalue weighted by Crippen LogP contribution is 2.34. The van der Waals surface area contributed by atoms with E-state index in [4.69, 9.17) is 20.6 Å². The Bertz CT molecular complexity index is 1530. The summed E-state index contributed by atoms with van der Waals surface area (Å²) in [7, 11) is 0. The van der Waals surface area contributed by atoms with Crippen LogP contribution in [-0.4, -0.2) is 47.2 Å². The number of hydrogen-bond donors (Lipinski definition) is 1. The zero-order chi connectivity index (χ0) is 30.9. The van der Waals surface area contributed by atoms with Crippen LogP contribution in [0.2, 0.25) is 0 Å². The molecule has 2 aromatic heterocycles. The van der Waals surface area contributed by atoms with Crippen molar-refractivity contribution >= 4 is 33.6 Å². The number of aromatic nitrogens is 2. The number of anilines is 1. The van der Waals surface area contributed by atoms with Gasteiger partial charge < -0.3 is 19.5 Å². The Kier molecular flexibility index (Phi) is 11.3. The highest BCUT2D eigenvalue weighted by Gasteiger charge is 2.42. The Hall–Kier alpha value is -3.39. The quantitative estimate of drug-likeness (QED) is 0.119. The maximum absolute atomic E-state index is 13.3. The van der Waals surface area contributed by atoms with Crippen molar-refractivity contribution in [3.8, 4) is 12.3 Å². The average molecular weight is 630 g/mol. The molecule has 230 valence electrons. The average Bonchev–Trinajstić information content (AvgIpc) is 3.68. The van der Waals surface area contributed by atoms with Gasteiger partial charge in [0.05, 0.1) is 58.7 Å². The van der Waals surface area contributed by atoms with Crippen LogP contribution in [0.15, 0.2) is 66.9 Å². The molecule has 5 unspecified atom stereocenters. The molecule has 1 aliphatic rings. The number of terminal acetylenes is 1. The minimum Gasteiger partial charge on any atom is -0.374 e. The van der Waals surface area contributed by atoms with E-state index in [0.717, 1.165) is 21.8 Å². The van der Waals surface area contributed by atoms with Gasteiger partial charge >= 0.3 is 0 Å². The van der Waals surface area contributed by atoms with Crippen LogP contribution in [-0.2, 0) is 33.8 Å². The molecule has 0 spiro atoms. The van der Waals surface area contributed by atoms with Crippen molar-refractivity contribution in [2.75, 3.05) is 18.5 Å². The molecule has 2 aromatic carbocycles. The lowest BCUT2D eigenvalue weighted by Crippen LogP contribution is -2.54. The monoisotopic (exact) mass is 629 g/mol. The fourth-order valence-electron chi connectivity index (χ4n) is 5.36. The third-order valence-corrected chi connectivity index (χ3v) is 10.2. The molecule has 1 N–H and O–H groups in total. The van der Waals surface area contributed by atoms with Crippen molar-refractivity contribution < 1.29 is 19.0 Å². The molecular formula is C35H39N3O4S2. The van der Waals surface area contributed by atoms with E-state index in [1.807, 2.05) is 43.3 Å². The standard InChI is InChI=1S/C35H39N3O4S2/c1-5-6-17-31-38-25(4)34(44-31)32(39)30-19-37-35(43-30)36-18-28-33(41-21-27-15-11-8-12-16-27)24(3)23(2)29(42-28)22-40-20-26-13-9-7-10-14-26/h1,7-16,19,23-24,28-29,33H,6,17-18,20-22H2,2-4H3,(H,36,37). The summed E-state index contributed by atoms with van der Waals surface area (Å²) in [5.74, 6) is 3.04. The van der Waals surface area contributed by atoms with E-state index in [9.17, 15) is 4.79 Å². The molecular weight excluding hydrogens is 591 g/mol. The summed E-state index contributed by atoms with van der Waals surface area (Å²) in [5, 5.41) is 4.98. The van der Waals surface area contributed by atoms with Gasteiger partial charge in [-0.2, -0.15) is 0 Å². The number of aryl methyl sites for hydroxylation is 2. The van der Waals surface area contributed by atoms with Crippen molar-refractivity contribution in [1.29, 1.82) is 0 Å². The molecule has 3 heterocycles. The van der Waals surface area contributed by atoms with Crippen LogP contribution in [0.3, 0.4) is 0 Å². The minimum atomic E-state index is -0.235. The summed E-state index contributed by atoms with van der Waals surface area (Å²) in [6.07, 6.45) is 7.86. The predicted molar refractivity (Wildman–Crippen MR) is 176 cm³/mol. The summed E-state index contributed by atoms with van der Waals surface area (Å²) < 4.78 is 19.3. The smallest absolute Gasteiger partial charge is 0.216 e. The molecule has 0 aliphatic carbocycles. The van der Waals surface area contributed by atoms with Gasteiger partial charge in [0.1, 0.15) is 6.10 Å². The number of ketones is 1. The first-order valence-electron chi connectivity index (χ1n) is 15.0. The van der Waals surface area contributed by atoms with Crippen LogP contribution in [0, 0.1) is 31.1 Å². The van der Waals surface area contributed by atoms with E-state index in [0.29, 0.717) is 54.1 Å². The molecule has 44 heavy (non-hydrogen) atoms. The number of carbonyl (C=O) groups is 1. The number of nitrogens with one attached hydrogen (secondary N) is 1. The number of thiazole rings is 2. The summed E-state index contributed by atoms with van der Waals surface area (Å²) >= 11 is 2.75. The summed E-state index contributed by atoms with van der Waals surface area (Å²) in [6, 6.07) is 20.4. The molecule has 5 atom stereocenters. The fourth-order valence-corrected chi connectivity index (χ4v) is 7.21. The van der Waals surface area contributed by atoms with E-state index < -0.39 is 0 Å². The van der Waals surface area contributed by atoms with Crippen LogP contribution in [0.25, 0.3) is 0 Å². The van der Waals surface area contributed by atoms with Gasteiger partial charge in [0, 0.05) is 19.4 Å². The van der Waals surface area contributed by atoms with Crippen LogP contribution >= 0.6 is 22.7 Å². The van der Waals surface area contributed by atoms with E-state index in [2.05, 4.69) is 59.3 Å². The number of carbonyl (C=O) groups excluding carboxylic acids is 1. The van der Waals surface area contributed by atoms with Gasteiger partial charge in [0.2, 0.25) is 5.78 Å². The van der Waals surface area contributed by atoms with E-state index in [-0.39, 0.29) is 35.9 Å². The molecule has 1 fully saturated rings. The third-order valence-electron chi connectivity index (χ3n) is 8.04. The Morgan fingerprint density at radius 2 is 1.70 bits per heavy atom. The Balaban J connectivity index is 1.25. The van der Waals surface area contributed by atoms with Crippen molar-refractivity contribution in [2.45, 2.75) is 65.1 Å². The van der Waals surface area contributed by atoms with Crippen LogP contribution in [0.4, 0.5) is 5.13 Å². The number of nitrogens with zero attached hydrogens (tertiary/aromatic N) is 2. The van der Waals surface area contributed by atoms with Gasteiger partial charge in [-0.1, -0.05) is 85.8 Å². The van der Waals surface area contributed by atoms with Crippen molar-refractivity contribution in [3.63, 3.8) is 0 Å². The first kappa shape index (κ1) is 32.0. The molecule has 0 radical (unpaired) electrons. The minimum absolute atomic E-state index is 0.0615. The van der Waals surface area contributed by atoms with Crippen LogP contribution in [0.5, 0.6) is 0 Å². The fraction of sp³-hybridized carbons (Fsp3) is 0.400. The highest BCUT2D eigenvalue weighted by atomic mass is 32.1. The SMILES string of the molecule is C#CCCc1nc(C)c(C(=O)c2cnc(NCC3OC(COCc4ccccc4)C(C)C(C)C3OCc3ccccc3)s2)s1. The van der Waals surface area contributed by atoms with E-state index in [1.54, 1.807) is 6.20 Å². The lowest BCUT2D eigenvalue weighted by atomic mass is 9.81. The predicted octanol–water partition coefficient (Wildman–Crippen LogP) is 6.96.